The van der Waals surface area contributed by atoms with Gasteiger partial charge in [0.25, 0.3) is 5.69 Å². The third-order valence-electron chi connectivity index (χ3n) is 3.03. The molecule has 8 nitrogen and oxygen atoms in total. The van der Waals surface area contributed by atoms with Gasteiger partial charge in [0.15, 0.2) is 0 Å². The number of rotatable bonds is 3. The molecule has 3 N–H and O–H groups in total. The summed E-state index contributed by atoms with van der Waals surface area (Å²) in [6.07, 6.45) is 1.56. The summed E-state index contributed by atoms with van der Waals surface area (Å²) < 4.78 is 0. The first-order valence-electron chi connectivity index (χ1n) is 6.38. The number of carbonyl (C=O) groups is 1. The molecule has 0 aliphatic rings. The number of fused-ring (bicyclic) bond motifs is 1. The van der Waals surface area contributed by atoms with Crippen molar-refractivity contribution < 1.29 is 9.72 Å². The lowest BCUT2D eigenvalue weighted by atomic mass is 10.2. The highest BCUT2D eigenvalue weighted by molar-refractivity contribution is 6.01. The highest BCUT2D eigenvalue weighted by atomic mass is 16.6. The largest absolute Gasteiger partial charge is 0.345 e. The molecule has 0 aliphatic carbocycles. The van der Waals surface area contributed by atoms with Gasteiger partial charge in [-0.2, -0.15) is 0 Å². The van der Waals surface area contributed by atoms with Gasteiger partial charge in [0.05, 0.1) is 22.3 Å². The van der Waals surface area contributed by atoms with E-state index in [4.69, 9.17) is 0 Å². The molecule has 1 heterocycles. The van der Waals surface area contributed by atoms with Gasteiger partial charge in [0.1, 0.15) is 5.69 Å². The molecule has 0 radical (unpaired) electrons. The molecule has 110 valence electrons. The third kappa shape index (κ3) is 2.70. The summed E-state index contributed by atoms with van der Waals surface area (Å²) in [5.41, 5.74) is 2.08. The molecule has 1 aromatic heterocycles. The maximum atomic E-state index is 12.0. The van der Waals surface area contributed by atoms with Crippen LogP contribution in [0.2, 0.25) is 0 Å². The molecule has 0 saturated heterocycles. The second-order valence-corrected chi connectivity index (χ2v) is 4.49. The molecule has 0 bridgehead atoms. The number of imidazole rings is 1. The summed E-state index contributed by atoms with van der Waals surface area (Å²) in [5.74, 6) is 0. The third-order valence-corrected chi connectivity index (χ3v) is 3.03. The summed E-state index contributed by atoms with van der Waals surface area (Å²) in [7, 11) is 0. The summed E-state index contributed by atoms with van der Waals surface area (Å²) in [6.45, 7) is 0. The first-order chi connectivity index (χ1) is 10.6. The number of anilines is 2. The molecule has 22 heavy (non-hydrogen) atoms. The molecule has 0 aliphatic heterocycles. The number of H-pyrrole nitrogens is 1. The molecule has 3 rings (SSSR count). The van der Waals surface area contributed by atoms with E-state index in [2.05, 4.69) is 20.6 Å². The van der Waals surface area contributed by atoms with E-state index in [0.717, 1.165) is 11.0 Å². The van der Waals surface area contributed by atoms with Gasteiger partial charge in [0.2, 0.25) is 0 Å². The number of nitrogens with one attached hydrogen (secondary N) is 3. The normalized spacial score (nSPS) is 10.4. The van der Waals surface area contributed by atoms with Crippen LogP contribution in [0, 0.1) is 10.1 Å². The fraction of sp³-hybridized carbons (Fsp3) is 0. The monoisotopic (exact) mass is 297 g/mol. The second kappa shape index (κ2) is 5.52. The minimum Gasteiger partial charge on any atom is -0.345 e. The Labute approximate surface area is 124 Å². The number of hydrogen-bond donors (Lipinski definition) is 3. The minimum atomic E-state index is -0.562. The SMILES string of the molecule is O=C(Nc1ccc2nc[nH]c2c1)Nc1ccccc1[N+](=O)[O-]. The summed E-state index contributed by atoms with van der Waals surface area (Å²) in [4.78, 5) is 29.3. The molecule has 2 aromatic carbocycles. The van der Waals surface area contributed by atoms with Crippen LogP contribution in [0.4, 0.5) is 21.9 Å². The highest BCUT2D eigenvalue weighted by Gasteiger charge is 2.14. The van der Waals surface area contributed by atoms with E-state index in [0.29, 0.717) is 5.69 Å². The molecule has 0 saturated carbocycles. The van der Waals surface area contributed by atoms with Crippen molar-refractivity contribution in [3.63, 3.8) is 0 Å². The van der Waals surface area contributed by atoms with Gasteiger partial charge in [-0.1, -0.05) is 12.1 Å². The van der Waals surface area contributed by atoms with E-state index in [-0.39, 0.29) is 11.4 Å². The van der Waals surface area contributed by atoms with Crippen LogP contribution >= 0.6 is 0 Å². The van der Waals surface area contributed by atoms with Crippen LogP contribution in [0.5, 0.6) is 0 Å². The number of carbonyl (C=O) groups excluding carboxylic acids is 1. The first kappa shape index (κ1) is 13.6. The van der Waals surface area contributed by atoms with Gasteiger partial charge in [-0.3, -0.25) is 10.1 Å². The summed E-state index contributed by atoms with van der Waals surface area (Å²) in [5, 5.41) is 16.0. The molecule has 0 fully saturated rings. The van der Waals surface area contributed by atoms with E-state index < -0.39 is 11.0 Å². The van der Waals surface area contributed by atoms with Crippen LogP contribution in [-0.2, 0) is 0 Å². The number of nitro groups is 1. The Morgan fingerprint density at radius 2 is 2.00 bits per heavy atom. The van der Waals surface area contributed by atoms with Crippen LogP contribution < -0.4 is 10.6 Å². The van der Waals surface area contributed by atoms with Crippen molar-refractivity contribution in [2.24, 2.45) is 0 Å². The summed E-state index contributed by atoms with van der Waals surface area (Å²) >= 11 is 0. The lowest BCUT2D eigenvalue weighted by Gasteiger charge is -2.08. The molecule has 0 spiro atoms. The number of hydrogen-bond acceptors (Lipinski definition) is 4. The van der Waals surface area contributed by atoms with E-state index in [9.17, 15) is 14.9 Å². The zero-order valence-corrected chi connectivity index (χ0v) is 11.2. The molecule has 0 atom stereocenters. The Balaban J connectivity index is 1.76. The Hall–Kier alpha value is -3.42. The van der Waals surface area contributed by atoms with Crippen molar-refractivity contribution in [3.8, 4) is 0 Å². The van der Waals surface area contributed by atoms with Crippen molar-refractivity contribution in [3.05, 3.63) is 58.9 Å². The Morgan fingerprint density at radius 1 is 1.18 bits per heavy atom. The number of aromatic nitrogens is 2. The van der Waals surface area contributed by atoms with Crippen molar-refractivity contribution in [1.29, 1.82) is 0 Å². The number of aromatic amines is 1. The van der Waals surface area contributed by atoms with Crippen molar-refractivity contribution in [1.82, 2.24) is 9.97 Å². The van der Waals surface area contributed by atoms with E-state index in [1.54, 1.807) is 30.6 Å². The van der Waals surface area contributed by atoms with Crippen LogP contribution in [0.3, 0.4) is 0 Å². The fourth-order valence-electron chi connectivity index (χ4n) is 2.04. The zero-order valence-electron chi connectivity index (χ0n) is 11.2. The maximum Gasteiger partial charge on any atom is 0.323 e. The first-order valence-corrected chi connectivity index (χ1v) is 6.38. The zero-order chi connectivity index (χ0) is 15.5. The predicted molar refractivity (Wildman–Crippen MR) is 81.8 cm³/mol. The van der Waals surface area contributed by atoms with Crippen LogP contribution in [0.15, 0.2) is 48.8 Å². The number of urea groups is 1. The summed E-state index contributed by atoms with van der Waals surface area (Å²) in [6, 6.07) is 10.6. The molecular formula is C14H11N5O3. The van der Waals surface area contributed by atoms with Gasteiger partial charge in [0, 0.05) is 11.8 Å². The fourth-order valence-corrected chi connectivity index (χ4v) is 2.04. The topological polar surface area (TPSA) is 113 Å². The maximum absolute atomic E-state index is 12.0. The van der Waals surface area contributed by atoms with Gasteiger partial charge in [-0.15, -0.1) is 0 Å². The van der Waals surface area contributed by atoms with Crippen molar-refractivity contribution >= 4 is 34.1 Å². The average Bonchev–Trinajstić information content (AvgIpc) is 2.95. The van der Waals surface area contributed by atoms with Crippen LogP contribution in [0.25, 0.3) is 11.0 Å². The van der Waals surface area contributed by atoms with E-state index in [1.165, 1.54) is 18.2 Å². The van der Waals surface area contributed by atoms with Crippen molar-refractivity contribution in [2.75, 3.05) is 10.6 Å². The van der Waals surface area contributed by atoms with E-state index >= 15 is 0 Å². The average molecular weight is 297 g/mol. The standard InChI is InChI=1S/C14H11N5O3/c20-14(18-11-3-1-2-4-13(11)19(21)22)17-9-5-6-10-12(7-9)16-8-15-10/h1-8H,(H,15,16)(H2,17,18,20). The lowest BCUT2D eigenvalue weighted by molar-refractivity contribution is -0.383. The number of benzene rings is 2. The molecule has 8 heteroatoms. The van der Waals surface area contributed by atoms with Gasteiger partial charge < -0.3 is 15.6 Å². The van der Waals surface area contributed by atoms with Gasteiger partial charge in [-0.25, -0.2) is 9.78 Å². The molecular weight excluding hydrogens is 286 g/mol. The van der Waals surface area contributed by atoms with Crippen molar-refractivity contribution in [2.45, 2.75) is 0 Å². The van der Waals surface area contributed by atoms with Gasteiger partial charge >= 0.3 is 6.03 Å². The van der Waals surface area contributed by atoms with Crippen LogP contribution in [0.1, 0.15) is 0 Å². The van der Waals surface area contributed by atoms with Crippen LogP contribution in [-0.4, -0.2) is 20.9 Å². The minimum absolute atomic E-state index is 0.132. The molecule has 0 unspecified atom stereocenters. The Bertz CT molecular complexity index is 858. The number of amides is 2. The molecule has 2 amide bonds. The number of para-hydroxylation sites is 2. The second-order valence-electron chi connectivity index (χ2n) is 4.49. The van der Waals surface area contributed by atoms with Gasteiger partial charge in [-0.05, 0) is 24.3 Å². The predicted octanol–water partition coefficient (Wildman–Crippen LogP) is 3.12. The Morgan fingerprint density at radius 3 is 2.82 bits per heavy atom. The highest BCUT2D eigenvalue weighted by Crippen LogP contribution is 2.23. The number of nitro benzene ring substituents is 1. The Kier molecular flexibility index (Phi) is 3.40. The van der Waals surface area contributed by atoms with E-state index in [1.807, 2.05) is 0 Å². The lowest BCUT2D eigenvalue weighted by Crippen LogP contribution is -2.20. The number of nitrogens with zero attached hydrogens (tertiary/aromatic N) is 2. The quantitative estimate of drug-likeness (QED) is 0.509. The molecule has 3 aromatic rings. The smallest absolute Gasteiger partial charge is 0.323 e.